The van der Waals surface area contributed by atoms with Gasteiger partial charge in [-0.15, -0.1) is 0 Å². The summed E-state index contributed by atoms with van der Waals surface area (Å²) in [6.45, 7) is 0. The lowest BCUT2D eigenvalue weighted by atomic mass is 10.1. The van der Waals surface area contributed by atoms with Gasteiger partial charge in [-0.05, 0) is 84.9 Å². The van der Waals surface area contributed by atoms with E-state index in [-0.39, 0.29) is 0 Å². The Labute approximate surface area is 287 Å². The first kappa shape index (κ1) is 28.1. The van der Waals surface area contributed by atoms with Gasteiger partial charge in [0.05, 0.1) is 33.8 Å². The van der Waals surface area contributed by atoms with Crippen molar-refractivity contribution in [2.24, 2.45) is 0 Å². The van der Waals surface area contributed by atoms with Crippen LogP contribution in [0.1, 0.15) is 0 Å². The molecule has 6 aromatic heterocycles. The zero-order valence-electron chi connectivity index (χ0n) is 26.8. The quantitative estimate of drug-likeness (QED) is 0.188. The Morgan fingerprint density at radius 3 is 1.26 bits per heavy atom. The van der Waals surface area contributed by atoms with Gasteiger partial charge in [0.15, 0.2) is 0 Å². The summed E-state index contributed by atoms with van der Waals surface area (Å²) in [5.74, 6) is 0. The van der Waals surface area contributed by atoms with Crippen LogP contribution in [0.5, 0.6) is 0 Å². The molecule has 234 valence electrons. The molecule has 6 nitrogen and oxygen atoms in total. The van der Waals surface area contributed by atoms with Crippen molar-refractivity contribution in [2.75, 3.05) is 0 Å². The van der Waals surface area contributed by atoms with Gasteiger partial charge in [0.25, 0.3) is 0 Å². The van der Waals surface area contributed by atoms with E-state index in [9.17, 15) is 0 Å². The van der Waals surface area contributed by atoms with Crippen molar-refractivity contribution < 1.29 is 0 Å². The van der Waals surface area contributed by atoms with Crippen LogP contribution in [0.3, 0.4) is 0 Å². The Balaban J connectivity index is 1.03. The number of fused-ring (bicyclic) bond motifs is 6. The second-order valence-corrected chi connectivity index (χ2v) is 12.4. The van der Waals surface area contributed by atoms with Crippen LogP contribution < -0.4 is 0 Å². The molecule has 0 amide bonds. The molecule has 0 unspecified atom stereocenters. The summed E-state index contributed by atoms with van der Waals surface area (Å²) in [7, 11) is 0. The zero-order valence-corrected chi connectivity index (χ0v) is 26.8. The molecule has 0 spiro atoms. The average molecular weight is 641 g/mol. The van der Waals surface area contributed by atoms with Gasteiger partial charge in [0.1, 0.15) is 11.3 Å². The molecule has 0 aliphatic rings. The monoisotopic (exact) mass is 640 g/mol. The summed E-state index contributed by atoms with van der Waals surface area (Å²) in [6, 6.07) is 54.4. The highest BCUT2D eigenvalue weighted by Crippen LogP contribution is 2.34. The SMILES string of the molecule is c1cc(-c2cccc(-c3cccc(-c4cccc(-n5c6ccccc6c6cccnc65)c4)n3)n2)cc(-n2c3ccccc3c3cccnc32)c1. The van der Waals surface area contributed by atoms with Gasteiger partial charge in [-0.25, -0.2) is 19.9 Å². The van der Waals surface area contributed by atoms with E-state index in [1.807, 2.05) is 36.7 Å². The molecule has 10 rings (SSSR count). The lowest BCUT2D eigenvalue weighted by Gasteiger charge is -2.11. The molecule has 0 aliphatic carbocycles. The van der Waals surface area contributed by atoms with Crippen molar-refractivity contribution in [2.45, 2.75) is 0 Å². The van der Waals surface area contributed by atoms with E-state index in [4.69, 9.17) is 19.9 Å². The minimum Gasteiger partial charge on any atom is -0.294 e. The van der Waals surface area contributed by atoms with E-state index in [1.165, 1.54) is 10.8 Å². The van der Waals surface area contributed by atoms with Crippen LogP contribution in [0.2, 0.25) is 0 Å². The molecular weight excluding hydrogens is 613 g/mol. The van der Waals surface area contributed by atoms with Crippen molar-refractivity contribution in [3.8, 4) is 45.3 Å². The summed E-state index contributed by atoms with van der Waals surface area (Å²) in [5.41, 5.74) is 11.6. The van der Waals surface area contributed by atoms with Gasteiger partial charge in [-0.1, -0.05) is 72.8 Å². The van der Waals surface area contributed by atoms with Crippen LogP contribution in [0.25, 0.3) is 89.2 Å². The molecular formula is C44H28N6. The predicted octanol–water partition coefficient (Wildman–Crippen LogP) is 10.5. The molecule has 0 saturated heterocycles. The van der Waals surface area contributed by atoms with Crippen molar-refractivity contribution in [3.63, 3.8) is 0 Å². The Kier molecular flexibility index (Phi) is 6.39. The average Bonchev–Trinajstić information content (AvgIpc) is 3.71. The fourth-order valence-electron chi connectivity index (χ4n) is 7.20. The van der Waals surface area contributed by atoms with Gasteiger partial charge < -0.3 is 0 Å². The van der Waals surface area contributed by atoms with Crippen molar-refractivity contribution in [1.82, 2.24) is 29.1 Å². The molecule has 50 heavy (non-hydrogen) atoms. The number of pyridine rings is 4. The highest BCUT2D eigenvalue weighted by Gasteiger charge is 2.16. The minimum absolute atomic E-state index is 0.816. The van der Waals surface area contributed by atoms with E-state index in [2.05, 4.69) is 143 Å². The van der Waals surface area contributed by atoms with E-state index in [0.29, 0.717) is 0 Å². The van der Waals surface area contributed by atoms with E-state index >= 15 is 0 Å². The van der Waals surface area contributed by atoms with Gasteiger partial charge in [0.2, 0.25) is 0 Å². The summed E-state index contributed by atoms with van der Waals surface area (Å²) < 4.78 is 4.46. The first-order valence-electron chi connectivity index (χ1n) is 16.6. The topological polar surface area (TPSA) is 61.4 Å². The van der Waals surface area contributed by atoms with Crippen LogP contribution >= 0.6 is 0 Å². The van der Waals surface area contributed by atoms with E-state index in [1.54, 1.807) is 0 Å². The van der Waals surface area contributed by atoms with Crippen molar-refractivity contribution in [3.05, 3.63) is 170 Å². The molecule has 0 N–H and O–H groups in total. The molecule has 0 aliphatic heterocycles. The third-order valence-corrected chi connectivity index (χ3v) is 9.43. The van der Waals surface area contributed by atoms with Gasteiger partial charge in [0, 0.05) is 56.4 Å². The maximum atomic E-state index is 5.12. The zero-order chi connectivity index (χ0) is 33.0. The van der Waals surface area contributed by atoms with Crippen LogP contribution in [0.15, 0.2) is 170 Å². The van der Waals surface area contributed by atoms with E-state index < -0.39 is 0 Å². The van der Waals surface area contributed by atoms with E-state index in [0.717, 1.165) is 78.4 Å². The third-order valence-electron chi connectivity index (χ3n) is 9.43. The molecule has 6 heteroatoms. The predicted molar refractivity (Wildman–Crippen MR) is 203 cm³/mol. The second kappa shape index (κ2) is 11.4. The number of para-hydroxylation sites is 2. The number of rotatable bonds is 5. The molecule has 0 saturated carbocycles. The highest BCUT2D eigenvalue weighted by molar-refractivity contribution is 6.08. The highest BCUT2D eigenvalue weighted by atomic mass is 15.1. The first-order valence-corrected chi connectivity index (χ1v) is 16.6. The summed E-state index contributed by atoms with van der Waals surface area (Å²) in [5, 5.41) is 4.64. The molecule has 10 aromatic rings. The maximum absolute atomic E-state index is 5.12. The molecule has 0 radical (unpaired) electrons. The summed E-state index contributed by atoms with van der Waals surface area (Å²) in [6.07, 6.45) is 3.71. The number of hydrogen-bond donors (Lipinski definition) is 0. The summed E-state index contributed by atoms with van der Waals surface area (Å²) >= 11 is 0. The Hall–Kier alpha value is -6.92. The van der Waals surface area contributed by atoms with Crippen molar-refractivity contribution in [1.29, 1.82) is 0 Å². The third kappa shape index (κ3) is 4.50. The largest absolute Gasteiger partial charge is 0.294 e. The Morgan fingerprint density at radius 2 is 0.760 bits per heavy atom. The lowest BCUT2D eigenvalue weighted by Crippen LogP contribution is -1.97. The van der Waals surface area contributed by atoms with Crippen LogP contribution in [-0.4, -0.2) is 29.1 Å². The Bertz CT molecular complexity index is 2590. The summed E-state index contributed by atoms with van der Waals surface area (Å²) in [4.78, 5) is 19.8. The second-order valence-electron chi connectivity index (χ2n) is 12.4. The first-order chi connectivity index (χ1) is 24.8. The maximum Gasteiger partial charge on any atom is 0.145 e. The fourth-order valence-corrected chi connectivity index (χ4v) is 7.20. The number of benzene rings is 4. The van der Waals surface area contributed by atoms with Crippen molar-refractivity contribution >= 4 is 43.9 Å². The van der Waals surface area contributed by atoms with Gasteiger partial charge >= 0.3 is 0 Å². The smallest absolute Gasteiger partial charge is 0.145 e. The van der Waals surface area contributed by atoms with Crippen LogP contribution in [0, 0.1) is 0 Å². The fraction of sp³-hybridized carbons (Fsp3) is 0. The van der Waals surface area contributed by atoms with Crippen LogP contribution in [-0.2, 0) is 0 Å². The molecule has 0 fully saturated rings. The normalized spacial score (nSPS) is 11.6. The molecule has 4 aromatic carbocycles. The molecule has 0 bridgehead atoms. The molecule has 6 heterocycles. The number of nitrogens with zero attached hydrogens (tertiary/aromatic N) is 6. The molecule has 0 atom stereocenters. The lowest BCUT2D eigenvalue weighted by molar-refractivity contribution is 1.13. The number of hydrogen-bond acceptors (Lipinski definition) is 4. The number of aromatic nitrogens is 6. The van der Waals surface area contributed by atoms with Gasteiger partial charge in [-0.3, -0.25) is 9.13 Å². The standard InChI is InChI=1S/C44H28N6/c1-3-23-41-33(15-1)35-17-9-25-45-43(35)49(41)31-13-5-11-29(27-31)37-19-7-21-39(47-37)40-22-8-20-38(48-40)30-12-6-14-32(28-30)50-42-24-4-2-16-34(42)36-18-10-26-46-44(36)50/h1-28H. The Morgan fingerprint density at radius 1 is 0.340 bits per heavy atom. The van der Waals surface area contributed by atoms with Gasteiger partial charge in [-0.2, -0.15) is 0 Å². The minimum atomic E-state index is 0.816. The van der Waals surface area contributed by atoms with Crippen LogP contribution in [0.4, 0.5) is 0 Å².